The predicted octanol–water partition coefficient (Wildman–Crippen LogP) is -0.228. The Labute approximate surface area is 116 Å². The van der Waals surface area contributed by atoms with Crippen LogP contribution in [0, 0.1) is 5.92 Å². The second-order valence-electron chi connectivity index (χ2n) is 5.08. The van der Waals surface area contributed by atoms with Crippen molar-refractivity contribution in [3.63, 3.8) is 0 Å². The summed E-state index contributed by atoms with van der Waals surface area (Å²) in [7, 11) is -1.32. The van der Waals surface area contributed by atoms with Crippen LogP contribution in [0.5, 0.6) is 0 Å². The molecule has 112 valence electrons. The monoisotopic (exact) mass is 291 g/mol. The van der Waals surface area contributed by atoms with Crippen molar-refractivity contribution >= 4 is 15.9 Å². The van der Waals surface area contributed by atoms with E-state index in [1.165, 1.54) is 0 Å². The lowest BCUT2D eigenvalue weighted by Gasteiger charge is -2.33. The van der Waals surface area contributed by atoms with E-state index >= 15 is 0 Å². The van der Waals surface area contributed by atoms with Crippen LogP contribution in [0.25, 0.3) is 0 Å². The topological polar surface area (TPSA) is 78.5 Å². The van der Waals surface area contributed by atoms with Gasteiger partial charge in [0, 0.05) is 31.6 Å². The van der Waals surface area contributed by atoms with Gasteiger partial charge in [0.1, 0.15) is 0 Å². The second-order valence-corrected chi connectivity index (χ2v) is 7.12. The molecular formula is C12H25N3O3S. The van der Waals surface area contributed by atoms with Crippen LogP contribution in [0.4, 0.5) is 0 Å². The largest absolute Gasteiger partial charge is 0.342 e. The molecule has 1 amide bonds. The summed E-state index contributed by atoms with van der Waals surface area (Å²) < 4.78 is 25.6. The zero-order valence-corrected chi connectivity index (χ0v) is 12.8. The minimum absolute atomic E-state index is 0.0334. The molecule has 1 saturated heterocycles. The molecule has 0 radical (unpaired) electrons. The van der Waals surface area contributed by atoms with Crippen molar-refractivity contribution in [3.8, 4) is 0 Å². The quantitative estimate of drug-likeness (QED) is 0.709. The van der Waals surface area contributed by atoms with Gasteiger partial charge in [0.05, 0.1) is 5.75 Å². The molecule has 1 aliphatic rings. The first kappa shape index (κ1) is 16.4. The molecule has 6 nitrogen and oxygen atoms in total. The average Bonchev–Trinajstić information content (AvgIpc) is 2.38. The van der Waals surface area contributed by atoms with Crippen molar-refractivity contribution in [2.24, 2.45) is 5.92 Å². The van der Waals surface area contributed by atoms with E-state index in [1.807, 2.05) is 18.9 Å². The molecular weight excluding hydrogens is 266 g/mol. The molecule has 7 heteroatoms. The van der Waals surface area contributed by atoms with Crippen LogP contribution in [0.2, 0.25) is 0 Å². The third-order valence-corrected chi connectivity index (χ3v) is 4.92. The average molecular weight is 291 g/mol. The number of piperidine rings is 1. The van der Waals surface area contributed by atoms with E-state index in [9.17, 15) is 13.2 Å². The number of nitrogens with one attached hydrogen (secondary N) is 2. The minimum atomic E-state index is -3.15. The van der Waals surface area contributed by atoms with Gasteiger partial charge in [-0.05, 0) is 26.8 Å². The number of carbonyl (C=O) groups is 1. The van der Waals surface area contributed by atoms with E-state index in [0.717, 1.165) is 0 Å². The smallest absolute Gasteiger partial charge is 0.226 e. The van der Waals surface area contributed by atoms with Gasteiger partial charge < -0.3 is 10.2 Å². The number of sulfonamides is 1. The lowest BCUT2D eigenvalue weighted by molar-refractivity contribution is -0.135. The highest BCUT2D eigenvalue weighted by molar-refractivity contribution is 7.89. The van der Waals surface area contributed by atoms with E-state index in [1.54, 1.807) is 6.92 Å². The Morgan fingerprint density at radius 3 is 2.42 bits per heavy atom. The van der Waals surface area contributed by atoms with Gasteiger partial charge in [-0.1, -0.05) is 6.92 Å². The van der Waals surface area contributed by atoms with Crippen LogP contribution >= 0.6 is 0 Å². The molecule has 2 N–H and O–H groups in total. The Hall–Kier alpha value is -0.660. The molecule has 0 aromatic carbocycles. The van der Waals surface area contributed by atoms with Crippen molar-refractivity contribution in [1.82, 2.24) is 14.9 Å². The lowest BCUT2D eigenvalue weighted by atomic mass is 10.0. The van der Waals surface area contributed by atoms with Crippen LogP contribution in [0.3, 0.4) is 0 Å². The SMILES string of the molecule is CCS(=O)(=O)NC1CCN(C(=O)C(C)CNC)CC1. The molecule has 1 heterocycles. The Morgan fingerprint density at radius 2 is 1.95 bits per heavy atom. The molecule has 0 saturated carbocycles. The Morgan fingerprint density at radius 1 is 1.37 bits per heavy atom. The van der Waals surface area contributed by atoms with Gasteiger partial charge in [-0.25, -0.2) is 13.1 Å². The van der Waals surface area contributed by atoms with Crippen molar-refractivity contribution in [2.75, 3.05) is 32.4 Å². The highest BCUT2D eigenvalue weighted by Gasteiger charge is 2.27. The summed E-state index contributed by atoms with van der Waals surface area (Å²) in [6.07, 6.45) is 1.38. The third kappa shape index (κ3) is 5.08. The number of hydrogen-bond acceptors (Lipinski definition) is 4. The Bertz CT molecular complexity index is 389. The van der Waals surface area contributed by atoms with E-state index in [2.05, 4.69) is 10.0 Å². The third-order valence-electron chi connectivity index (χ3n) is 3.46. The summed E-state index contributed by atoms with van der Waals surface area (Å²) >= 11 is 0. The number of hydrogen-bond donors (Lipinski definition) is 2. The molecule has 1 atom stereocenters. The first-order valence-electron chi connectivity index (χ1n) is 6.83. The molecule has 0 aliphatic carbocycles. The highest BCUT2D eigenvalue weighted by atomic mass is 32.2. The summed E-state index contributed by atoms with van der Waals surface area (Å²) in [5.41, 5.74) is 0. The summed E-state index contributed by atoms with van der Waals surface area (Å²) in [5.74, 6) is 0.214. The number of rotatable bonds is 6. The van der Waals surface area contributed by atoms with Crippen molar-refractivity contribution < 1.29 is 13.2 Å². The number of nitrogens with zero attached hydrogens (tertiary/aromatic N) is 1. The number of likely N-dealkylation sites (tertiary alicyclic amines) is 1. The van der Waals surface area contributed by atoms with Crippen molar-refractivity contribution in [3.05, 3.63) is 0 Å². The summed E-state index contributed by atoms with van der Waals surface area (Å²) in [5, 5.41) is 3.00. The van der Waals surface area contributed by atoms with E-state index < -0.39 is 10.0 Å². The molecule has 0 aromatic rings. The predicted molar refractivity (Wildman–Crippen MR) is 75.3 cm³/mol. The van der Waals surface area contributed by atoms with Gasteiger partial charge in [-0.15, -0.1) is 0 Å². The lowest BCUT2D eigenvalue weighted by Crippen LogP contribution is -2.48. The molecule has 1 aliphatic heterocycles. The summed E-state index contributed by atoms with van der Waals surface area (Å²) in [6.45, 7) is 5.46. The first-order valence-corrected chi connectivity index (χ1v) is 8.48. The fourth-order valence-corrected chi connectivity index (χ4v) is 3.17. The van der Waals surface area contributed by atoms with Gasteiger partial charge in [0.25, 0.3) is 0 Å². The van der Waals surface area contributed by atoms with E-state index in [0.29, 0.717) is 32.5 Å². The standard InChI is InChI=1S/C12H25N3O3S/c1-4-19(17,18)14-11-5-7-15(8-6-11)12(16)10(2)9-13-3/h10-11,13-14H,4-9H2,1-3H3. The Kier molecular flexibility index (Phi) is 6.22. The normalized spacial score (nSPS) is 19.4. The van der Waals surface area contributed by atoms with Crippen LogP contribution in [0.15, 0.2) is 0 Å². The van der Waals surface area contributed by atoms with E-state index in [4.69, 9.17) is 0 Å². The first-order chi connectivity index (χ1) is 8.89. The van der Waals surface area contributed by atoms with Crippen LogP contribution in [-0.4, -0.2) is 57.7 Å². The summed E-state index contributed by atoms with van der Waals surface area (Å²) in [4.78, 5) is 13.9. The maximum absolute atomic E-state index is 12.1. The maximum atomic E-state index is 12.1. The zero-order chi connectivity index (χ0) is 14.5. The van der Waals surface area contributed by atoms with Gasteiger partial charge >= 0.3 is 0 Å². The summed E-state index contributed by atoms with van der Waals surface area (Å²) in [6, 6.07) is -0.0337. The van der Waals surface area contributed by atoms with Gasteiger partial charge in [-0.3, -0.25) is 4.79 Å². The minimum Gasteiger partial charge on any atom is -0.342 e. The van der Waals surface area contributed by atoms with Gasteiger partial charge in [-0.2, -0.15) is 0 Å². The second kappa shape index (κ2) is 7.21. The molecule has 0 aromatic heterocycles. The number of amides is 1. The molecule has 1 rings (SSSR count). The number of carbonyl (C=O) groups excluding carboxylic acids is 1. The van der Waals surface area contributed by atoms with Crippen LogP contribution in [0.1, 0.15) is 26.7 Å². The van der Waals surface area contributed by atoms with Crippen LogP contribution in [-0.2, 0) is 14.8 Å². The molecule has 1 unspecified atom stereocenters. The van der Waals surface area contributed by atoms with Gasteiger partial charge in [0.2, 0.25) is 15.9 Å². The fourth-order valence-electron chi connectivity index (χ4n) is 2.26. The van der Waals surface area contributed by atoms with Gasteiger partial charge in [0.15, 0.2) is 0 Å². The zero-order valence-electron chi connectivity index (χ0n) is 12.0. The van der Waals surface area contributed by atoms with E-state index in [-0.39, 0.29) is 23.6 Å². The highest BCUT2D eigenvalue weighted by Crippen LogP contribution is 2.14. The van der Waals surface area contributed by atoms with Crippen molar-refractivity contribution in [2.45, 2.75) is 32.7 Å². The molecule has 1 fully saturated rings. The molecule has 0 spiro atoms. The fraction of sp³-hybridized carbons (Fsp3) is 0.917. The molecule has 0 bridgehead atoms. The van der Waals surface area contributed by atoms with Crippen molar-refractivity contribution in [1.29, 1.82) is 0 Å². The molecule has 19 heavy (non-hydrogen) atoms. The Balaban J connectivity index is 2.43. The maximum Gasteiger partial charge on any atom is 0.226 e. The van der Waals surface area contributed by atoms with Crippen LogP contribution < -0.4 is 10.0 Å².